The van der Waals surface area contributed by atoms with E-state index in [-0.39, 0.29) is 13.2 Å². The van der Waals surface area contributed by atoms with E-state index in [9.17, 15) is 9.59 Å². The first kappa shape index (κ1) is 30.1. The molecule has 5 aromatic rings. The molecule has 0 aliphatic heterocycles. The SMILES string of the molecule is C=CC(=O)OCCc1ccc(N(c2ccc(CCOC(=O)C=C)cc2)c2ccc(-c3nnc(-c4ccccc4)s3)cc2)cc1. The van der Waals surface area contributed by atoms with Crippen LogP contribution in [0.25, 0.3) is 21.1 Å². The minimum absolute atomic E-state index is 0.288. The van der Waals surface area contributed by atoms with Crippen LogP contribution in [0.5, 0.6) is 0 Å². The summed E-state index contributed by atoms with van der Waals surface area (Å²) >= 11 is 1.56. The van der Waals surface area contributed by atoms with Gasteiger partial charge in [-0.05, 0) is 59.7 Å². The molecular weight excluding hydrogens is 570 g/mol. The van der Waals surface area contributed by atoms with Gasteiger partial charge in [0, 0.05) is 53.2 Å². The van der Waals surface area contributed by atoms with Crippen molar-refractivity contribution >= 4 is 40.3 Å². The average Bonchev–Trinajstić information content (AvgIpc) is 3.57. The summed E-state index contributed by atoms with van der Waals surface area (Å²) in [6.07, 6.45) is 3.54. The second-order valence-electron chi connectivity index (χ2n) is 9.74. The van der Waals surface area contributed by atoms with Crippen molar-refractivity contribution in [2.24, 2.45) is 0 Å². The Balaban J connectivity index is 1.38. The predicted molar refractivity (Wildman–Crippen MR) is 175 cm³/mol. The quantitative estimate of drug-likeness (QED) is 0.100. The Morgan fingerprint density at radius 3 is 1.45 bits per heavy atom. The molecule has 0 bridgehead atoms. The zero-order valence-electron chi connectivity index (χ0n) is 24.1. The molecule has 8 heteroatoms. The molecule has 0 amide bonds. The molecule has 0 saturated heterocycles. The van der Waals surface area contributed by atoms with Crippen LogP contribution in [0.2, 0.25) is 0 Å². The smallest absolute Gasteiger partial charge is 0.330 e. The minimum Gasteiger partial charge on any atom is -0.462 e. The molecule has 44 heavy (non-hydrogen) atoms. The number of esters is 2. The molecular formula is C36H31N3O4S. The Kier molecular flexibility index (Phi) is 10.1. The van der Waals surface area contributed by atoms with Gasteiger partial charge in [-0.25, -0.2) is 9.59 Å². The van der Waals surface area contributed by atoms with Crippen molar-refractivity contribution in [2.45, 2.75) is 12.8 Å². The van der Waals surface area contributed by atoms with Crippen LogP contribution in [0, 0.1) is 0 Å². The van der Waals surface area contributed by atoms with E-state index < -0.39 is 11.9 Å². The highest BCUT2D eigenvalue weighted by molar-refractivity contribution is 7.17. The number of ether oxygens (including phenoxy) is 2. The lowest BCUT2D eigenvalue weighted by molar-refractivity contribution is -0.138. The van der Waals surface area contributed by atoms with Gasteiger partial charge < -0.3 is 14.4 Å². The number of hydrogen-bond donors (Lipinski definition) is 0. The number of benzene rings is 4. The molecule has 220 valence electrons. The Hall–Kier alpha value is -5.34. The van der Waals surface area contributed by atoms with Gasteiger partial charge in [0.05, 0.1) is 13.2 Å². The van der Waals surface area contributed by atoms with E-state index in [1.807, 2.05) is 54.6 Å². The van der Waals surface area contributed by atoms with Gasteiger partial charge in [-0.2, -0.15) is 0 Å². The first-order valence-corrected chi connectivity index (χ1v) is 14.9. The molecule has 0 saturated carbocycles. The first-order chi connectivity index (χ1) is 21.5. The summed E-state index contributed by atoms with van der Waals surface area (Å²) in [5, 5.41) is 10.6. The summed E-state index contributed by atoms with van der Waals surface area (Å²) in [4.78, 5) is 24.9. The third-order valence-corrected chi connectivity index (χ3v) is 7.83. The summed E-state index contributed by atoms with van der Waals surface area (Å²) in [7, 11) is 0. The van der Waals surface area contributed by atoms with E-state index in [4.69, 9.17) is 9.47 Å². The maximum atomic E-state index is 11.4. The summed E-state index contributed by atoms with van der Waals surface area (Å²) < 4.78 is 10.3. The lowest BCUT2D eigenvalue weighted by atomic mass is 10.1. The highest BCUT2D eigenvalue weighted by Crippen LogP contribution is 2.37. The molecule has 0 aliphatic rings. The number of carbonyl (C=O) groups excluding carboxylic acids is 2. The zero-order chi connectivity index (χ0) is 30.7. The second kappa shape index (κ2) is 14.7. The van der Waals surface area contributed by atoms with Gasteiger partial charge in [-0.1, -0.05) is 79.1 Å². The Morgan fingerprint density at radius 2 is 1.02 bits per heavy atom. The number of nitrogens with zero attached hydrogens (tertiary/aromatic N) is 3. The zero-order valence-corrected chi connectivity index (χ0v) is 24.9. The highest BCUT2D eigenvalue weighted by atomic mass is 32.1. The molecule has 5 rings (SSSR count). The maximum Gasteiger partial charge on any atom is 0.330 e. The van der Waals surface area contributed by atoms with Crippen molar-refractivity contribution in [3.8, 4) is 21.1 Å². The highest BCUT2D eigenvalue weighted by Gasteiger charge is 2.15. The summed E-state index contributed by atoms with van der Waals surface area (Å²) in [6, 6.07) is 34.7. The van der Waals surface area contributed by atoms with Crippen LogP contribution < -0.4 is 4.90 Å². The Labute approximate surface area is 260 Å². The second-order valence-corrected chi connectivity index (χ2v) is 10.7. The molecule has 1 aromatic heterocycles. The van der Waals surface area contributed by atoms with Crippen LogP contribution in [0.4, 0.5) is 17.1 Å². The van der Waals surface area contributed by atoms with Gasteiger partial charge in [0.15, 0.2) is 0 Å². The van der Waals surface area contributed by atoms with Gasteiger partial charge in [-0.3, -0.25) is 0 Å². The van der Waals surface area contributed by atoms with Gasteiger partial charge in [0.2, 0.25) is 0 Å². The summed E-state index contributed by atoms with van der Waals surface area (Å²) in [5.41, 5.74) is 7.05. The van der Waals surface area contributed by atoms with Crippen molar-refractivity contribution in [2.75, 3.05) is 18.1 Å². The molecule has 7 nitrogen and oxygen atoms in total. The van der Waals surface area contributed by atoms with Gasteiger partial charge in [-0.15, -0.1) is 10.2 Å². The lowest BCUT2D eigenvalue weighted by Crippen LogP contribution is -2.10. The lowest BCUT2D eigenvalue weighted by Gasteiger charge is -2.26. The Bertz CT molecular complexity index is 1650. The van der Waals surface area contributed by atoms with Crippen LogP contribution in [-0.2, 0) is 31.9 Å². The van der Waals surface area contributed by atoms with E-state index >= 15 is 0 Å². The van der Waals surface area contributed by atoms with E-state index in [1.54, 1.807) is 11.3 Å². The van der Waals surface area contributed by atoms with Crippen LogP contribution in [0.3, 0.4) is 0 Å². The fourth-order valence-corrected chi connectivity index (χ4v) is 5.37. The van der Waals surface area contributed by atoms with Gasteiger partial charge >= 0.3 is 11.9 Å². The molecule has 0 atom stereocenters. The summed E-state index contributed by atoms with van der Waals surface area (Å²) in [6.45, 7) is 7.44. The monoisotopic (exact) mass is 601 g/mol. The number of hydrogen-bond acceptors (Lipinski definition) is 8. The maximum absolute atomic E-state index is 11.4. The summed E-state index contributed by atoms with van der Waals surface area (Å²) in [5.74, 6) is -0.855. The van der Waals surface area contributed by atoms with E-state index in [2.05, 4.69) is 76.8 Å². The van der Waals surface area contributed by atoms with E-state index in [1.165, 1.54) is 12.2 Å². The molecule has 1 heterocycles. The van der Waals surface area contributed by atoms with Crippen molar-refractivity contribution < 1.29 is 19.1 Å². The average molecular weight is 602 g/mol. The molecule has 0 aliphatic carbocycles. The largest absolute Gasteiger partial charge is 0.462 e. The molecule has 0 radical (unpaired) electrons. The van der Waals surface area contributed by atoms with Crippen LogP contribution in [0.15, 0.2) is 128 Å². The predicted octanol–water partition coefficient (Wildman–Crippen LogP) is 7.89. The molecule has 0 spiro atoms. The molecule has 0 fully saturated rings. The molecule has 0 unspecified atom stereocenters. The van der Waals surface area contributed by atoms with Gasteiger partial charge in [0.1, 0.15) is 10.0 Å². The Morgan fingerprint density at radius 1 is 0.614 bits per heavy atom. The van der Waals surface area contributed by atoms with Crippen LogP contribution >= 0.6 is 11.3 Å². The van der Waals surface area contributed by atoms with Crippen molar-refractivity contribution in [1.82, 2.24) is 10.2 Å². The number of aromatic nitrogens is 2. The van der Waals surface area contributed by atoms with E-state index in [0.29, 0.717) is 12.8 Å². The molecule has 0 N–H and O–H groups in total. The fourth-order valence-electron chi connectivity index (χ4n) is 4.52. The number of carbonyl (C=O) groups is 2. The third-order valence-electron chi connectivity index (χ3n) is 6.81. The number of rotatable bonds is 13. The third kappa shape index (κ3) is 7.73. The van der Waals surface area contributed by atoms with Crippen molar-refractivity contribution in [1.29, 1.82) is 0 Å². The normalized spacial score (nSPS) is 10.5. The minimum atomic E-state index is -0.427. The van der Waals surface area contributed by atoms with Crippen molar-refractivity contribution in [3.63, 3.8) is 0 Å². The standard InChI is InChI=1S/C36H31N3O4S/c1-3-33(40)42-24-22-26-10-16-30(17-11-26)39(31-18-12-27(13-19-31)23-25-43-34(41)4-2)32-20-14-29(15-21-32)36-38-37-35(44-36)28-8-6-5-7-9-28/h3-21H,1-2,22-25H2. The first-order valence-electron chi connectivity index (χ1n) is 14.1. The molecule has 4 aromatic carbocycles. The van der Waals surface area contributed by atoms with E-state index in [0.717, 1.165) is 49.3 Å². The van der Waals surface area contributed by atoms with Crippen molar-refractivity contribution in [3.05, 3.63) is 140 Å². The van der Waals surface area contributed by atoms with Gasteiger partial charge in [0.25, 0.3) is 0 Å². The topological polar surface area (TPSA) is 81.6 Å². The van der Waals surface area contributed by atoms with Crippen LogP contribution in [-0.4, -0.2) is 35.3 Å². The number of anilines is 3. The van der Waals surface area contributed by atoms with Crippen LogP contribution in [0.1, 0.15) is 11.1 Å². The fraction of sp³-hybridized carbons (Fsp3) is 0.111.